The molecule has 3 nitrogen and oxygen atoms in total. The molecule has 0 aliphatic heterocycles. The van der Waals surface area contributed by atoms with E-state index in [0.717, 1.165) is 22.3 Å². The summed E-state index contributed by atoms with van der Waals surface area (Å²) in [5.41, 5.74) is 4.29. The lowest BCUT2D eigenvalue weighted by molar-refractivity contribution is -0.111. The summed E-state index contributed by atoms with van der Waals surface area (Å²) in [7, 11) is 0. The number of halogens is 1. The monoisotopic (exact) mass is 316 g/mol. The standard InChI is InChI=1S/C18H17ClO3/c1-12-3-8-16(13(2)9-12)18(21)22-11-15-6-4-14(5-7-15)10-17(19)20/h3-9H,10-11H2,1-2H3. The van der Waals surface area contributed by atoms with Gasteiger partial charge in [0, 0.05) is 6.42 Å². The maximum Gasteiger partial charge on any atom is 0.338 e. The maximum atomic E-state index is 12.1. The molecule has 114 valence electrons. The third-order valence-electron chi connectivity index (χ3n) is 3.34. The Labute approximate surface area is 134 Å². The largest absolute Gasteiger partial charge is 0.457 e. The second-order valence-electron chi connectivity index (χ2n) is 5.24. The van der Waals surface area contributed by atoms with Crippen molar-refractivity contribution in [2.45, 2.75) is 26.9 Å². The van der Waals surface area contributed by atoms with Crippen molar-refractivity contribution in [1.82, 2.24) is 0 Å². The quantitative estimate of drug-likeness (QED) is 0.619. The highest BCUT2D eigenvalue weighted by Crippen LogP contribution is 2.14. The van der Waals surface area contributed by atoms with Crippen molar-refractivity contribution in [3.8, 4) is 0 Å². The highest BCUT2D eigenvalue weighted by molar-refractivity contribution is 6.63. The molecule has 0 aliphatic carbocycles. The summed E-state index contributed by atoms with van der Waals surface area (Å²) in [5, 5.41) is -0.394. The number of carbonyl (C=O) groups is 2. The van der Waals surface area contributed by atoms with Crippen LogP contribution in [0.5, 0.6) is 0 Å². The van der Waals surface area contributed by atoms with E-state index in [1.54, 1.807) is 18.2 Å². The summed E-state index contributed by atoms with van der Waals surface area (Å²) in [5.74, 6) is -0.336. The van der Waals surface area contributed by atoms with E-state index in [9.17, 15) is 9.59 Å². The summed E-state index contributed by atoms with van der Waals surface area (Å²) in [6, 6.07) is 12.9. The Bertz CT molecular complexity index is 690. The molecule has 0 fully saturated rings. The summed E-state index contributed by atoms with van der Waals surface area (Å²) < 4.78 is 5.32. The maximum absolute atomic E-state index is 12.1. The molecule has 0 N–H and O–H groups in total. The van der Waals surface area contributed by atoms with Gasteiger partial charge in [-0.2, -0.15) is 0 Å². The van der Waals surface area contributed by atoms with Gasteiger partial charge < -0.3 is 4.74 Å². The van der Waals surface area contributed by atoms with Gasteiger partial charge in [0.15, 0.2) is 0 Å². The summed E-state index contributed by atoms with van der Waals surface area (Å²) >= 11 is 5.34. The van der Waals surface area contributed by atoms with Crippen LogP contribution in [0.1, 0.15) is 32.6 Å². The molecule has 0 bridgehead atoms. The number of benzene rings is 2. The molecule has 0 unspecified atom stereocenters. The van der Waals surface area contributed by atoms with E-state index in [1.807, 2.05) is 38.1 Å². The number of carbonyl (C=O) groups excluding carboxylic acids is 2. The SMILES string of the molecule is Cc1ccc(C(=O)OCc2ccc(CC(=O)Cl)cc2)c(C)c1. The Hall–Kier alpha value is -2.13. The van der Waals surface area contributed by atoms with E-state index in [2.05, 4.69) is 0 Å². The van der Waals surface area contributed by atoms with E-state index in [-0.39, 0.29) is 19.0 Å². The van der Waals surface area contributed by atoms with Gasteiger partial charge in [-0.1, -0.05) is 42.0 Å². The molecule has 0 aliphatic rings. The number of esters is 1. The Kier molecular flexibility index (Phi) is 5.34. The zero-order valence-corrected chi connectivity index (χ0v) is 13.3. The van der Waals surface area contributed by atoms with Crippen molar-refractivity contribution in [3.05, 3.63) is 70.3 Å². The van der Waals surface area contributed by atoms with Crippen molar-refractivity contribution in [3.63, 3.8) is 0 Å². The molecular weight excluding hydrogens is 300 g/mol. The van der Waals surface area contributed by atoms with Crippen LogP contribution >= 0.6 is 11.6 Å². The Balaban J connectivity index is 1.97. The predicted octanol–water partition coefficient (Wildman–Crippen LogP) is 3.97. The first-order valence-electron chi connectivity index (χ1n) is 6.96. The normalized spacial score (nSPS) is 10.3. The van der Waals surface area contributed by atoms with Crippen LogP contribution < -0.4 is 0 Å². The molecule has 0 saturated heterocycles. The van der Waals surface area contributed by atoms with Crippen molar-refractivity contribution in [2.24, 2.45) is 0 Å². The summed E-state index contributed by atoms with van der Waals surface area (Å²) in [6.45, 7) is 4.07. The van der Waals surface area contributed by atoms with E-state index in [0.29, 0.717) is 5.56 Å². The molecule has 2 aromatic rings. The zero-order chi connectivity index (χ0) is 16.1. The van der Waals surface area contributed by atoms with Crippen molar-refractivity contribution < 1.29 is 14.3 Å². The molecule has 0 spiro atoms. The number of hydrogen-bond acceptors (Lipinski definition) is 3. The number of hydrogen-bond donors (Lipinski definition) is 0. The van der Waals surface area contributed by atoms with Gasteiger partial charge in [0.05, 0.1) is 5.56 Å². The predicted molar refractivity (Wildman–Crippen MR) is 86.0 cm³/mol. The van der Waals surface area contributed by atoms with Gasteiger partial charge in [-0.25, -0.2) is 4.79 Å². The Morgan fingerprint density at radius 1 is 1.00 bits per heavy atom. The fraction of sp³-hybridized carbons (Fsp3) is 0.222. The Morgan fingerprint density at radius 3 is 2.23 bits per heavy atom. The minimum Gasteiger partial charge on any atom is -0.457 e. The fourth-order valence-corrected chi connectivity index (χ4v) is 2.34. The fourth-order valence-electron chi connectivity index (χ4n) is 2.18. The van der Waals surface area contributed by atoms with Crippen LogP contribution in [0.15, 0.2) is 42.5 Å². The van der Waals surface area contributed by atoms with Crippen LogP contribution in [0, 0.1) is 13.8 Å². The third kappa shape index (κ3) is 4.43. The van der Waals surface area contributed by atoms with Crippen molar-refractivity contribution >= 4 is 22.8 Å². The van der Waals surface area contributed by atoms with Crippen molar-refractivity contribution in [2.75, 3.05) is 0 Å². The second kappa shape index (κ2) is 7.23. The van der Waals surface area contributed by atoms with Crippen LogP contribution in [0.25, 0.3) is 0 Å². The molecule has 4 heteroatoms. The molecule has 2 aromatic carbocycles. The highest BCUT2D eigenvalue weighted by atomic mass is 35.5. The van der Waals surface area contributed by atoms with E-state index in [4.69, 9.17) is 16.3 Å². The highest BCUT2D eigenvalue weighted by Gasteiger charge is 2.10. The molecule has 0 aromatic heterocycles. The molecule has 2 rings (SSSR count). The average Bonchev–Trinajstić information content (AvgIpc) is 2.45. The van der Waals surface area contributed by atoms with Crippen LogP contribution in [-0.4, -0.2) is 11.2 Å². The minimum atomic E-state index is -0.394. The number of rotatable bonds is 5. The molecule has 0 radical (unpaired) electrons. The van der Waals surface area contributed by atoms with Gasteiger partial charge in [0.2, 0.25) is 5.24 Å². The molecule has 0 heterocycles. The van der Waals surface area contributed by atoms with Crippen LogP contribution in [-0.2, 0) is 22.6 Å². The van der Waals surface area contributed by atoms with Gasteiger partial charge in [-0.3, -0.25) is 4.79 Å². The van der Waals surface area contributed by atoms with Crippen LogP contribution in [0.3, 0.4) is 0 Å². The van der Waals surface area contributed by atoms with Gasteiger partial charge in [-0.05, 0) is 48.2 Å². The van der Waals surface area contributed by atoms with E-state index >= 15 is 0 Å². The van der Waals surface area contributed by atoms with Gasteiger partial charge in [0.25, 0.3) is 0 Å². The topological polar surface area (TPSA) is 43.4 Å². The zero-order valence-electron chi connectivity index (χ0n) is 12.6. The number of aryl methyl sites for hydroxylation is 2. The first kappa shape index (κ1) is 16.2. The lowest BCUT2D eigenvalue weighted by Crippen LogP contribution is -2.07. The summed E-state index contributed by atoms with van der Waals surface area (Å²) in [4.78, 5) is 22.9. The van der Waals surface area contributed by atoms with Crippen LogP contribution in [0.2, 0.25) is 0 Å². The van der Waals surface area contributed by atoms with Gasteiger partial charge >= 0.3 is 5.97 Å². The lowest BCUT2D eigenvalue weighted by Gasteiger charge is -2.08. The van der Waals surface area contributed by atoms with Crippen molar-refractivity contribution in [1.29, 1.82) is 0 Å². The van der Waals surface area contributed by atoms with Gasteiger partial charge in [-0.15, -0.1) is 0 Å². The smallest absolute Gasteiger partial charge is 0.338 e. The molecule has 22 heavy (non-hydrogen) atoms. The molecule has 0 atom stereocenters. The first-order chi connectivity index (χ1) is 10.5. The number of ether oxygens (including phenoxy) is 1. The Morgan fingerprint density at radius 2 is 1.64 bits per heavy atom. The van der Waals surface area contributed by atoms with Gasteiger partial charge in [0.1, 0.15) is 6.61 Å². The average molecular weight is 317 g/mol. The van der Waals surface area contributed by atoms with Crippen LogP contribution in [0.4, 0.5) is 0 Å². The summed E-state index contributed by atoms with van der Waals surface area (Å²) in [6.07, 6.45) is 0.199. The molecule has 0 saturated carbocycles. The third-order valence-corrected chi connectivity index (χ3v) is 3.47. The first-order valence-corrected chi connectivity index (χ1v) is 7.34. The van der Waals surface area contributed by atoms with E-state index in [1.165, 1.54) is 0 Å². The molecular formula is C18H17ClO3. The van der Waals surface area contributed by atoms with E-state index < -0.39 is 5.24 Å². The second-order valence-corrected chi connectivity index (χ2v) is 5.66. The molecule has 0 amide bonds. The minimum absolute atomic E-state index is 0.196. The lowest BCUT2D eigenvalue weighted by atomic mass is 10.1.